The van der Waals surface area contributed by atoms with E-state index in [0.29, 0.717) is 0 Å². The van der Waals surface area contributed by atoms with E-state index in [4.69, 9.17) is 11.6 Å². The minimum absolute atomic E-state index is 0.115. The van der Waals surface area contributed by atoms with Gasteiger partial charge in [0.2, 0.25) is 0 Å². The zero-order valence-corrected chi connectivity index (χ0v) is 13.2. The van der Waals surface area contributed by atoms with Crippen molar-refractivity contribution in [1.82, 2.24) is 10.3 Å². The van der Waals surface area contributed by atoms with Crippen LogP contribution in [-0.4, -0.2) is 12.0 Å². The highest BCUT2D eigenvalue weighted by Crippen LogP contribution is 2.29. The lowest BCUT2D eigenvalue weighted by Gasteiger charge is -2.20. The number of hydrogen-bond donors (Lipinski definition) is 1. The molecule has 18 heavy (non-hydrogen) atoms. The molecule has 2 rings (SSSR count). The number of halogens is 2. The molecule has 0 bridgehead atoms. The molecular weight excluding hydrogens is 359 g/mol. The quantitative estimate of drug-likeness (QED) is 0.825. The van der Waals surface area contributed by atoms with Crippen LogP contribution in [0.15, 0.2) is 36.7 Å². The molecule has 0 aliphatic carbocycles. The van der Waals surface area contributed by atoms with E-state index < -0.39 is 0 Å². The van der Waals surface area contributed by atoms with E-state index in [1.165, 1.54) is 20.3 Å². The second kappa shape index (κ2) is 5.99. The van der Waals surface area contributed by atoms with Crippen molar-refractivity contribution < 1.29 is 0 Å². The Bertz CT molecular complexity index is 557. The number of nitrogens with zero attached hydrogens (tertiary/aromatic N) is 1. The molecule has 0 saturated heterocycles. The first-order chi connectivity index (χ1) is 8.63. The van der Waals surface area contributed by atoms with Crippen molar-refractivity contribution in [1.29, 1.82) is 0 Å². The van der Waals surface area contributed by atoms with Crippen LogP contribution in [0.25, 0.3) is 0 Å². The summed E-state index contributed by atoms with van der Waals surface area (Å²) >= 11 is 8.43. The summed E-state index contributed by atoms with van der Waals surface area (Å²) in [7, 11) is 1.95. The van der Waals surface area contributed by atoms with E-state index in [-0.39, 0.29) is 6.04 Å². The summed E-state index contributed by atoms with van der Waals surface area (Å²) in [5.74, 6) is 0. The maximum Gasteiger partial charge on any atom is 0.0603 e. The summed E-state index contributed by atoms with van der Waals surface area (Å²) in [6, 6.07) is 8.10. The summed E-state index contributed by atoms with van der Waals surface area (Å²) in [5, 5.41) is 4.10. The predicted octanol–water partition coefficient (Wildman–Crippen LogP) is 3.96. The van der Waals surface area contributed by atoms with Gasteiger partial charge in [0, 0.05) is 21.0 Å². The van der Waals surface area contributed by atoms with Gasteiger partial charge in [-0.1, -0.05) is 11.6 Å². The highest BCUT2D eigenvalue weighted by atomic mass is 127. The summed E-state index contributed by atoms with van der Waals surface area (Å²) < 4.78 is 1.19. The number of aromatic nitrogens is 1. The monoisotopic (exact) mass is 372 g/mol. The van der Waals surface area contributed by atoms with E-state index in [1.54, 1.807) is 0 Å². The summed E-state index contributed by atoms with van der Waals surface area (Å²) in [5.41, 5.74) is 3.59. The standard InChI is InChI=1S/C14H14ClIN2/c1-9-5-6-18-8-12(9)14(17-2)11-7-10(15)3-4-13(11)16/h3-8,14,17H,1-2H3. The van der Waals surface area contributed by atoms with Gasteiger partial charge in [-0.25, -0.2) is 0 Å². The van der Waals surface area contributed by atoms with Crippen molar-refractivity contribution in [3.63, 3.8) is 0 Å². The molecule has 0 spiro atoms. The summed E-state index contributed by atoms with van der Waals surface area (Å²) in [4.78, 5) is 4.22. The molecule has 0 fully saturated rings. The van der Waals surface area contributed by atoms with Gasteiger partial charge in [0.1, 0.15) is 0 Å². The van der Waals surface area contributed by atoms with Gasteiger partial charge in [-0.05, 0) is 77.5 Å². The molecule has 0 aliphatic rings. The Hall–Kier alpha value is -0.650. The van der Waals surface area contributed by atoms with Crippen LogP contribution < -0.4 is 5.32 Å². The van der Waals surface area contributed by atoms with Crippen LogP contribution in [-0.2, 0) is 0 Å². The van der Waals surface area contributed by atoms with Gasteiger partial charge >= 0.3 is 0 Å². The number of aryl methyl sites for hydroxylation is 1. The fourth-order valence-corrected chi connectivity index (χ4v) is 2.82. The molecule has 2 nitrogen and oxygen atoms in total. The Kier molecular flexibility index (Phi) is 4.59. The Morgan fingerprint density at radius 2 is 2.06 bits per heavy atom. The first-order valence-corrected chi connectivity index (χ1v) is 7.12. The molecule has 1 atom stereocenters. The topological polar surface area (TPSA) is 24.9 Å². The second-order valence-corrected chi connectivity index (χ2v) is 5.72. The van der Waals surface area contributed by atoms with E-state index in [1.807, 2.05) is 43.7 Å². The van der Waals surface area contributed by atoms with Crippen LogP contribution >= 0.6 is 34.2 Å². The summed E-state index contributed by atoms with van der Waals surface area (Å²) in [6.45, 7) is 2.10. The van der Waals surface area contributed by atoms with Crippen molar-refractivity contribution in [2.75, 3.05) is 7.05 Å². The Morgan fingerprint density at radius 3 is 2.72 bits per heavy atom. The molecule has 1 N–H and O–H groups in total. The lowest BCUT2D eigenvalue weighted by atomic mass is 9.97. The Morgan fingerprint density at radius 1 is 1.28 bits per heavy atom. The lowest BCUT2D eigenvalue weighted by molar-refractivity contribution is 0.681. The highest BCUT2D eigenvalue weighted by Gasteiger charge is 2.17. The SMILES string of the molecule is CNC(c1cnccc1C)c1cc(Cl)ccc1I. The van der Waals surface area contributed by atoms with Gasteiger partial charge in [0.25, 0.3) is 0 Å². The smallest absolute Gasteiger partial charge is 0.0603 e. The molecule has 0 aliphatic heterocycles. The molecule has 0 radical (unpaired) electrons. The maximum atomic E-state index is 6.10. The van der Waals surface area contributed by atoms with Crippen LogP contribution in [0.5, 0.6) is 0 Å². The third-order valence-electron chi connectivity index (χ3n) is 2.95. The van der Waals surface area contributed by atoms with Gasteiger partial charge in [-0.15, -0.1) is 0 Å². The zero-order valence-electron chi connectivity index (χ0n) is 10.2. The number of rotatable bonds is 3. The van der Waals surface area contributed by atoms with E-state index in [0.717, 1.165) is 5.02 Å². The second-order valence-electron chi connectivity index (χ2n) is 4.12. The van der Waals surface area contributed by atoms with Crippen molar-refractivity contribution in [3.8, 4) is 0 Å². The zero-order chi connectivity index (χ0) is 13.1. The molecular formula is C14H14ClIN2. The van der Waals surface area contributed by atoms with Gasteiger partial charge in [0.15, 0.2) is 0 Å². The Labute approximate surface area is 126 Å². The fraction of sp³-hybridized carbons (Fsp3) is 0.214. The Balaban J connectivity index is 2.52. The molecule has 1 heterocycles. The highest BCUT2D eigenvalue weighted by molar-refractivity contribution is 14.1. The van der Waals surface area contributed by atoms with E-state index >= 15 is 0 Å². The van der Waals surface area contributed by atoms with E-state index in [9.17, 15) is 0 Å². The van der Waals surface area contributed by atoms with E-state index in [2.05, 4.69) is 39.8 Å². The molecule has 4 heteroatoms. The van der Waals surface area contributed by atoms with Gasteiger partial charge in [0.05, 0.1) is 6.04 Å². The first kappa shape index (κ1) is 13.8. The van der Waals surface area contributed by atoms with Crippen LogP contribution in [0.4, 0.5) is 0 Å². The fourth-order valence-electron chi connectivity index (χ4n) is 1.99. The molecule has 0 saturated carbocycles. The van der Waals surface area contributed by atoms with Crippen molar-refractivity contribution in [2.24, 2.45) is 0 Å². The first-order valence-electron chi connectivity index (χ1n) is 5.66. The largest absolute Gasteiger partial charge is 0.309 e. The van der Waals surface area contributed by atoms with Crippen LogP contribution in [0.3, 0.4) is 0 Å². The average molecular weight is 373 g/mol. The van der Waals surface area contributed by atoms with Crippen molar-refractivity contribution >= 4 is 34.2 Å². The number of pyridine rings is 1. The molecule has 94 valence electrons. The molecule has 1 aromatic carbocycles. The third kappa shape index (κ3) is 2.84. The molecule has 1 aromatic heterocycles. The average Bonchev–Trinajstić information content (AvgIpc) is 2.36. The molecule has 2 aromatic rings. The molecule has 0 amide bonds. The maximum absolute atomic E-state index is 6.10. The number of benzene rings is 1. The van der Waals surface area contributed by atoms with Crippen LogP contribution in [0, 0.1) is 10.5 Å². The minimum atomic E-state index is 0.115. The molecule has 1 unspecified atom stereocenters. The summed E-state index contributed by atoms with van der Waals surface area (Å²) in [6.07, 6.45) is 3.72. The van der Waals surface area contributed by atoms with Crippen molar-refractivity contribution in [2.45, 2.75) is 13.0 Å². The third-order valence-corrected chi connectivity index (χ3v) is 4.17. The number of hydrogen-bond acceptors (Lipinski definition) is 2. The lowest BCUT2D eigenvalue weighted by Crippen LogP contribution is -2.20. The van der Waals surface area contributed by atoms with Gasteiger partial charge < -0.3 is 5.32 Å². The van der Waals surface area contributed by atoms with Gasteiger partial charge in [-0.3, -0.25) is 4.98 Å². The van der Waals surface area contributed by atoms with Crippen molar-refractivity contribution in [3.05, 3.63) is 61.9 Å². The van der Waals surface area contributed by atoms with Crippen LogP contribution in [0.1, 0.15) is 22.7 Å². The predicted molar refractivity (Wildman–Crippen MR) is 84.0 cm³/mol. The van der Waals surface area contributed by atoms with Gasteiger partial charge in [-0.2, -0.15) is 0 Å². The normalized spacial score (nSPS) is 12.4. The van der Waals surface area contributed by atoms with Crippen LogP contribution in [0.2, 0.25) is 5.02 Å². The number of nitrogens with one attached hydrogen (secondary N) is 1. The minimum Gasteiger partial charge on any atom is -0.309 e.